The molecule has 0 saturated carbocycles. The number of fused-ring (bicyclic) bond motifs is 1. The fourth-order valence-electron chi connectivity index (χ4n) is 3.60. The van der Waals surface area contributed by atoms with Crippen LogP contribution in [0.4, 0.5) is 23.5 Å². The third-order valence-electron chi connectivity index (χ3n) is 5.30. The molecular formula is C19H19F4N5O2S. The smallest absolute Gasteiger partial charge is 0.241 e. The predicted octanol–water partition coefficient (Wildman–Crippen LogP) is 2.91. The Morgan fingerprint density at radius 3 is 2.61 bits per heavy atom. The molecule has 0 aliphatic carbocycles. The normalized spacial score (nSPS) is 20.3. The van der Waals surface area contributed by atoms with Crippen LogP contribution in [-0.2, 0) is 10.0 Å². The van der Waals surface area contributed by atoms with Crippen molar-refractivity contribution >= 4 is 21.5 Å². The van der Waals surface area contributed by atoms with Gasteiger partial charge in [0.15, 0.2) is 5.82 Å². The van der Waals surface area contributed by atoms with Gasteiger partial charge in [0.25, 0.3) is 0 Å². The van der Waals surface area contributed by atoms with E-state index >= 15 is 0 Å². The van der Waals surface area contributed by atoms with Crippen molar-refractivity contribution in [3.8, 4) is 11.3 Å². The Morgan fingerprint density at radius 2 is 1.94 bits per heavy atom. The maximum absolute atomic E-state index is 14.6. The summed E-state index contributed by atoms with van der Waals surface area (Å²) in [5, 5.41) is 6.88. The van der Waals surface area contributed by atoms with Gasteiger partial charge in [0.2, 0.25) is 16.0 Å². The molecule has 31 heavy (non-hydrogen) atoms. The van der Waals surface area contributed by atoms with E-state index in [1.807, 2.05) is 0 Å². The molecule has 1 fully saturated rings. The monoisotopic (exact) mass is 457 g/mol. The van der Waals surface area contributed by atoms with Crippen molar-refractivity contribution < 1.29 is 26.0 Å². The molecule has 4 rings (SSSR count). The van der Waals surface area contributed by atoms with E-state index in [9.17, 15) is 26.0 Å². The summed E-state index contributed by atoms with van der Waals surface area (Å²) in [6, 6.07) is 2.52. The van der Waals surface area contributed by atoms with E-state index in [1.54, 1.807) is 0 Å². The third-order valence-corrected chi connectivity index (χ3v) is 6.57. The maximum atomic E-state index is 14.6. The summed E-state index contributed by atoms with van der Waals surface area (Å²) in [7, 11) is -3.51. The minimum atomic E-state index is -3.51. The van der Waals surface area contributed by atoms with E-state index in [0.29, 0.717) is 0 Å². The van der Waals surface area contributed by atoms with Crippen molar-refractivity contribution in [3.63, 3.8) is 0 Å². The topological polar surface area (TPSA) is 79.6 Å². The predicted molar refractivity (Wildman–Crippen MR) is 106 cm³/mol. The third kappa shape index (κ3) is 3.97. The van der Waals surface area contributed by atoms with E-state index in [4.69, 9.17) is 0 Å². The first kappa shape index (κ1) is 21.5. The highest BCUT2D eigenvalue weighted by Gasteiger charge is 2.33. The molecule has 1 aliphatic rings. The minimum Gasteiger partial charge on any atom is -0.347 e. The number of anilines is 1. The average molecular weight is 457 g/mol. The summed E-state index contributed by atoms with van der Waals surface area (Å²) in [6.07, 6.45) is 0.758. The van der Waals surface area contributed by atoms with Crippen LogP contribution in [0.1, 0.15) is 12.0 Å². The molecule has 7 nitrogen and oxygen atoms in total. The number of nitrogens with zero attached hydrogens (tertiary/aromatic N) is 4. The fourth-order valence-corrected chi connectivity index (χ4v) is 4.45. The molecule has 1 N–H and O–H groups in total. The van der Waals surface area contributed by atoms with Gasteiger partial charge in [-0.3, -0.25) is 0 Å². The second kappa shape index (κ2) is 7.75. The van der Waals surface area contributed by atoms with Crippen LogP contribution >= 0.6 is 0 Å². The van der Waals surface area contributed by atoms with Crippen LogP contribution in [0.5, 0.6) is 0 Å². The van der Waals surface area contributed by atoms with Gasteiger partial charge in [-0.15, -0.1) is 5.10 Å². The zero-order valence-corrected chi connectivity index (χ0v) is 17.4. The number of rotatable bonds is 4. The van der Waals surface area contributed by atoms with Gasteiger partial charge >= 0.3 is 0 Å². The van der Waals surface area contributed by atoms with Gasteiger partial charge in [-0.1, -0.05) is 6.07 Å². The number of alkyl halides is 1. The van der Waals surface area contributed by atoms with Crippen LogP contribution in [0.3, 0.4) is 0 Å². The number of hydrogen-bond donors (Lipinski definition) is 1. The quantitative estimate of drug-likeness (QED) is 0.610. The molecule has 1 aliphatic heterocycles. The Morgan fingerprint density at radius 1 is 1.19 bits per heavy atom. The molecule has 2 atom stereocenters. The highest BCUT2D eigenvalue weighted by atomic mass is 32.2. The largest absolute Gasteiger partial charge is 0.347 e. The molecule has 0 spiro atoms. The molecule has 3 heterocycles. The first-order valence-electron chi connectivity index (χ1n) is 9.41. The summed E-state index contributed by atoms with van der Waals surface area (Å²) in [6.45, 7) is 1.25. The van der Waals surface area contributed by atoms with E-state index in [0.717, 1.165) is 33.4 Å². The van der Waals surface area contributed by atoms with E-state index in [1.165, 1.54) is 13.0 Å². The van der Waals surface area contributed by atoms with Crippen molar-refractivity contribution in [1.29, 1.82) is 0 Å². The Hall–Kier alpha value is -2.73. The summed E-state index contributed by atoms with van der Waals surface area (Å²) in [4.78, 5) is 3.96. The number of hydrogen-bond acceptors (Lipinski definition) is 5. The molecule has 0 amide bonds. The van der Waals surface area contributed by atoms with Gasteiger partial charge in [-0.25, -0.2) is 35.5 Å². The van der Waals surface area contributed by atoms with Gasteiger partial charge in [0.05, 0.1) is 29.8 Å². The van der Waals surface area contributed by atoms with Crippen LogP contribution in [0.25, 0.3) is 16.8 Å². The van der Waals surface area contributed by atoms with Crippen LogP contribution < -0.4 is 5.32 Å². The van der Waals surface area contributed by atoms with Crippen molar-refractivity contribution in [2.24, 2.45) is 0 Å². The van der Waals surface area contributed by atoms with Gasteiger partial charge in [-0.05, 0) is 25.0 Å². The Labute approximate surface area is 175 Å². The zero-order chi connectivity index (χ0) is 22.5. The van der Waals surface area contributed by atoms with Crippen molar-refractivity contribution in [2.45, 2.75) is 25.6 Å². The van der Waals surface area contributed by atoms with Crippen molar-refractivity contribution in [1.82, 2.24) is 18.9 Å². The maximum Gasteiger partial charge on any atom is 0.241 e. The number of halogens is 4. The first-order valence-corrected chi connectivity index (χ1v) is 11.3. The Kier molecular flexibility index (Phi) is 5.38. The highest BCUT2D eigenvalue weighted by Crippen LogP contribution is 2.31. The van der Waals surface area contributed by atoms with Gasteiger partial charge in [0.1, 0.15) is 23.3 Å². The van der Waals surface area contributed by atoms with Crippen molar-refractivity contribution in [3.05, 3.63) is 47.4 Å². The molecule has 0 unspecified atom stereocenters. The minimum absolute atomic E-state index is 0.0849. The standard InChI is InChI=1S/C19H19F4N5O2S/c1-10-3-4-11(20)17(18(10)23)15-7-12(21)16-8-24-19(26-28(15)16)25-14-5-6-27(9-13(14)22)31(2,29)30/h3-4,7-8,13-14H,5-6,9H2,1-2H3,(H,25,26)/t13-,14-/m1/s1. The summed E-state index contributed by atoms with van der Waals surface area (Å²) < 4.78 is 83.2. The molecule has 3 aromatic rings. The lowest BCUT2D eigenvalue weighted by atomic mass is 10.1. The van der Waals surface area contributed by atoms with Crippen LogP contribution in [0.15, 0.2) is 24.4 Å². The summed E-state index contributed by atoms with van der Waals surface area (Å²) in [5.74, 6) is -2.58. The lowest BCUT2D eigenvalue weighted by Crippen LogP contribution is -2.49. The molecule has 0 bridgehead atoms. The second-order valence-electron chi connectivity index (χ2n) is 7.49. The van der Waals surface area contributed by atoms with Crippen molar-refractivity contribution in [2.75, 3.05) is 24.7 Å². The fraction of sp³-hybridized carbons (Fsp3) is 0.368. The van der Waals surface area contributed by atoms with E-state index < -0.39 is 45.3 Å². The molecular weight excluding hydrogens is 438 g/mol. The zero-order valence-electron chi connectivity index (χ0n) is 16.6. The molecule has 12 heteroatoms. The summed E-state index contributed by atoms with van der Waals surface area (Å²) >= 11 is 0. The van der Waals surface area contributed by atoms with E-state index in [-0.39, 0.29) is 42.2 Å². The lowest BCUT2D eigenvalue weighted by molar-refractivity contribution is 0.186. The van der Waals surface area contributed by atoms with Gasteiger partial charge in [0, 0.05) is 19.2 Å². The second-order valence-corrected chi connectivity index (χ2v) is 9.47. The number of aryl methyl sites for hydroxylation is 1. The van der Waals surface area contributed by atoms with E-state index in [2.05, 4.69) is 15.4 Å². The molecule has 2 aromatic heterocycles. The number of sulfonamides is 1. The first-order chi connectivity index (χ1) is 14.6. The lowest BCUT2D eigenvalue weighted by Gasteiger charge is -2.33. The average Bonchev–Trinajstić information content (AvgIpc) is 3.02. The Bertz CT molecular complexity index is 1260. The molecule has 1 aromatic carbocycles. The van der Waals surface area contributed by atoms with Gasteiger partial charge < -0.3 is 5.32 Å². The van der Waals surface area contributed by atoms with Crippen LogP contribution in [0.2, 0.25) is 0 Å². The summed E-state index contributed by atoms with van der Waals surface area (Å²) in [5.41, 5.74) is -0.518. The molecule has 1 saturated heterocycles. The number of nitrogens with one attached hydrogen (secondary N) is 1. The van der Waals surface area contributed by atoms with Gasteiger partial charge in [-0.2, -0.15) is 4.31 Å². The highest BCUT2D eigenvalue weighted by molar-refractivity contribution is 7.88. The van der Waals surface area contributed by atoms with Crippen LogP contribution in [0, 0.1) is 24.4 Å². The number of benzene rings is 1. The molecule has 0 radical (unpaired) electrons. The molecule has 166 valence electrons. The number of aromatic nitrogens is 3. The van der Waals surface area contributed by atoms with Crippen LogP contribution in [-0.4, -0.2) is 58.9 Å². The Balaban J connectivity index is 1.68. The number of piperidine rings is 1. The SMILES string of the molecule is Cc1ccc(F)c(-c2cc(F)c3cnc(N[C@@H]4CCN(S(C)(=O)=O)C[C@H]4F)nn23)c1F.